The summed E-state index contributed by atoms with van der Waals surface area (Å²) in [5.74, 6) is 0.0355. The molecule has 1 aromatic heterocycles. The molecule has 0 aliphatic rings. The standard InChI is InChI=1S/C23H29N3OS.ClH/c1-15-8-9-17(3)19(14-15)22(27)26(13-7-12-25(5)6)23-24-21-18(4)16(2)10-11-20(21)28-23;/h8-11,14H,7,12-13H2,1-6H3;1H. The molecule has 0 N–H and O–H groups in total. The number of benzene rings is 2. The Bertz CT molecular complexity index is 1010. The number of hydrogen-bond acceptors (Lipinski definition) is 4. The Hall–Kier alpha value is -1.95. The molecule has 4 nitrogen and oxygen atoms in total. The minimum Gasteiger partial charge on any atom is -0.309 e. The highest BCUT2D eigenvalue weighted by Gasteiger charge is 2.23. The number of fused-ring (bicyclic) bond motifs is 1. The summed E-state index contributed by atoms with van der Waals surface area (Å²) in [6.07, 6.45) is 0.900. The number of aromatic nitrogens is 1. The van der Waals surface area contributed by atoms with Gasteiger partial charge >= 0.3 is 0 Å². The number of carbonyl (C=O) groups excluding carboxylic acids is 1. The molecule has 2 aromatic carbocycles. The summed E-state index contributed by atoms with van der Waals surface area (Å²) in [4.78, 5) is 22.4. The molecule has 1 heterocycles. The maximum atomic E-state index is 13.5. The lowest BCUT2D eigenvalue weighted by atomic mass is 10.0. The largest absolute Gasteiger partial charge is 0.309 e. The van der Waals surface area contributed by atoms with E-state index in [1.165, 1.54) is 11.1 Å². The maximum Gasteiger partial charge on any atom is 0.260 e. The Labute approximate surface area is 184 Å². The van der Waals surface area contributed by atoms with Crippen LogP contribution in [0.25, 0.3) is 10.2 Å². The van der Waals surface area contributed by atoms with Gasteiger partial charge in [0.1, 0.15) is 0 Å². The lowest BCUT2D eigenvalue weighted by molar-refractivity contribution is 0.0985. The number of thiazole rings is 1. The van der Waals surface area contributed by atoms with E-state index in [1.807, 2.05) is 36.9 Å². The first-order valence-corrected chi connectivity index (χ1v) is 10.5. The average molecular weight is 432 g/mol. The number of carbonyl (C=O) groups is 1. The second-order valence-electron chi connectivity index (χ2n) is 7.78. The van der Waals surface area contributed by atoms with E-state index in [0.29, 0.717) is 6.54 Å². The Morgan fingerprint density at radius 2 is 1.69 bits per heavy atom. The number of halogens is 1. The van der Waals surface area contributed by atoms with Crippen LogP contribution in [0.3, 0.4) is 0 Å². The van der Waals surface area contributed by atoms with Crippen LogP contribution in [-0.2, 0) is 0 Å². The highest BCUT2D eigenvalue weighted by atomic mass is 35.5. The zero-order valence-corrected chi connectivity index (χ0v) is 19.7. The Kier molecular flexibility index (Phi) is 7.80. The van der Waals surface area contributed by atoms with Gasteiger partial charge in [0.2, 0.25) is 0 Å². The summed E-state index contributed by atoms with van der Waals surface area (Å²) in [6, 6.07) is 10.3. The minimum atomic E-state index is 0. The average Bonchev–Trinajstić information content (AvgIpc) is 3.08. The van der Waals surface area contributed by atoms with Gasteiger partial charge in [-0.25, -0.2) is 4.98 Å². The second kappa shape index (κ2) is 9.70. The third-order valence-electron chi connectivity index (χ3n) is 5.16. The fourth-order valence-electron chi connectivity index (χ4n) is 3.27. The Balaban J connectivity index is 0.00000300. The second-order valence-corrected chi connectivity index (χ2v) is 8.79. The number of anilines is 1. The molecule has 0 atom stereocenters. The number of nitrogens with zero attached hydrogens (tertiary/aromatic N) is 3. The first-order chi connectivity index (χ1) is 13.3. The van der Waals surface area contributed by atoms with Gasteiger partial charge in [0.15, 0.2) is 5.13 Å². The molecule has 0 bridgehead atoms. The summed E-state index contributed by atoms with van der Waals surface area (Å²) < 4.78 is 1.13. The predicted molar refractivity (Wildman–Crippen MR) is 127 cm³/mol. The lowest BCUT2D eigenvalue weighted by Crippen LogP contribution is -2.34. The van der Waals surface area contributed by atoms with E-state index in [1.54, 1.807) is 11.3 Å². The molecule has 156 valence electrons. The molecule has 3 aromatic rings. The van der Waals surface area contributed by atoms with Crippen molar-refractivity contribution in [2.75, 3.05) is 32.1 Å². The van der Waals surface area contributed by atoms with Gasteiger partial charge in [-0.2, -0.15) is 0 Å². The zero-order valence-electron chi connectivity index (χ0n) is 18.1. The van der Waals surface area contributed by atoms with E-state index in [9.17, 15) is 4.79 Å². The first-order valence-electron chi connectivity index (χ1n) is 9.68. The van der Waals surface area contributed by atoms with Crippen molar-refractivity contribution in [3.63, 3.8) is 0 Å². The van der Waals surface area contributed by atoms with Crippen LogP contribution in [0.1, 0.15) is 39.0 Å². The van der Waals surface area contributed by atoms with E-state index in [4.69, 9.17) is 4.98 Å². The topological polar surface area (TPSA) is 36.4 Å². The lowest BCUT2D eigenvalue weighted by Gasteiger charge is -2.22. The molecule has 0 fully saturated rings. The molecule has 0 spiro atoms. The van der Waals surface area contributed by atoms with Crippen LogP contribution in [0, 0.1) is 27.7 Å². The van der Waals surface area contributed by atoms with Gasteiger partial charge in [0.25, 0.3) is 5.91 Å². The number of amides is 1. The Morgan fingerprint density at radius 1 is 1.00 bits per heavy atom. The number of rotatable bonds is 6. The monoisotopic (exact) mass is 431 g/mol. The fourth-order valence-corrected chi connectivity index (χ4v) is 4.32. The normalized spacial score (nSPS) is 11.0. The summed E-state index contributed by atoms with van der Waals surface area (Å²) in [6.45, 7) is 9.81. The summed E-state index contributed by atoms with van der Waals surface area (Å²) in [7, 11) is 4.11. The summed E-state index contributed by atoms with van der Waals surface area (Å²) >= 11 is 1.60. The molecule has 0 aliphatic heterocycles. The van der Waals surface area contributed by atoms with E-state index in [2.05, 4.69) is 45.0 Å². The van der Waals surface area contributed by atoms with Gasteiger partial charge in [-0.05, 0) is 83.6 Å². The maximum absolute atomic E-state index is 13.5. The third kappa shape index (κ3) is 5.16. The molecular weight excluding hydrogens is 402 g/mol. The van der Waals surface area contributed by atoms with Crippen LogP contribution < -0.4 is 4.90 Å². The molecule has 0 saturated heterocycles. The van der Waals surface area contributed by atoms with E-state index < -0.39 is 0 Å². The van der Waals surface area contributed by atoms with Crippen LogP contribution in [0.5, 0.6) is 0 Å². The third-order valence-corrected chi connectivity index (χ3v) is 6.20. The van der Waals surface area contributed by atoms with Crippen LogP contribution in [-0.4, -0.2) is 43.0 Å². The number of hydrogen-bond donors (Lipinski definition) is 0. The van der Waals surface area contributed by atoms with E-state index >= 15 is 0 Å². The van der Waals surface area contributed by atoms with Gasteiger partial charge in [-0.1, -0.05) is 35.1 Å². The summed E-state index contributed by atoms with van der Waals surface area (Å²) in [5.41, 5.74) is 6.28. The molecule has 3 rings (SSSR count). The molecule has 0 unspecified atom stereocenters. The van der Waals surface area contributed by atoms with Gasteiger partial charge in [0.05, 0.1) is 10.2 Å². The van der Waals surface area contributed by atoms with Crippen molar-refractivity contribution < 1.29 is 4.79 Å². The molecule has 0 aliphatic carbocycles. The van der Waals surface area contributed by atoms with Crippen molar-refractivity contribution in [3.05, 3.63) is 58.1 Å². The van der Waals surface area contributed by atoms with Gasteiger partial charge in [-0.15, -0.1) is 12.4 Å². The SMILES string of the molecule is Cc1ccc(C)c(C(=O)N(CCCN(C)C)c2nc3c(C)c(C)ccc3s2)c1.Cl. The Morgan fingerprint density at radius 3 is 2.38 bits per heavy atom. The predicted octanol–water partition coefficient (Wildman–Crippen LogP) is 5.55. The van der Waals surface area contributed by atoms with Gasteiger partial charge in [0, 0.05) is 12.1 Å². The molecule has 29 heavy (non-hydrogen) atoms. The van der Waals surface area contributed by atoms with Crippen molar-refractivity contribution in [1.82, 2.24) is 9.88 Å². The molecular formula is C23H30ClN3OS. The van der Waals surface area contributed by atoms with Crippen LogP contribution >= 0.6 is 23.7 Å². The van der Waals surface area contributed by atoms with E-state index in [0.717, 1.165) is 45.0 Å². The smallest absolute Gasteiger partial charge is 0.260 e. The van der Waals surface area contributed by atoms with Gasteiger partial charge < -0.3 is 4.90 Å². The highest BCUT2D eigenvalue weighted by molar-refractivity contribution is 7.22. The summed E-state index contributed by atoms with van der Waals surface area (Å²) in [5, 5.41) is 0.786. The van der Waals surface area contributed by atoms with Crippen LogP contribution in [0.2, 0.25) is 0 Å². The van der Waals surface area contributed by atoms with Gasteiger partial charge in [-0.3, -0.25) is 9.69 Å². The molecule has 0 radical (unpaired) electrons. The number of aryl methyl sites for hydroxylation is 4. The quantitative estimate of drug-likeness (QED) is 0.513. The molecule has 6 heteroatoms. The fraction of sp³-hybridized carbons (Fsp3) is 0.391. The first kappa shape index (κ1) is 23.3. The van der Waals surface area contributed by atoms with Crippen molar-refractivity contribution in [2.24, 2.45) is 0 Å². The zero-order chi connectivity index (χ0) is 20.4. The molecule has 0 saturated carbocycles. The molecule has 1 amide bonds. The van der Waals surface area contributed by atoms with Crippen LogP contribution in [0.15, 0.2) is 30.3 Å². The van der Waals surface area contributed by atoms with Crippen molar-refractivity contribution in [3.8, 4) is 0 Å². The van der Waals surface area contributed by atoms with Crippen molar-refractivity contribution in [1.29, 1.82) is 0 Å². The highest BCUT2D eigenvalue weighted by Crippen LogP contribution is 2.33. The van der Waals surface area contributed by atoms with E-state index in [-0.39, 0.29) is 18.3 Å². The minimum absolute atomic E-state index is 0. The van der Waals surface area contributed by atoms with Crippen molar-refractivity contribution >= 4 is 45.0 Å². The van der Waals surface area contributed by atoms with Crippen LogP contribution in [0.4, 0.5) is 5.13 Å². The van der Waals surface area contributed by atoms with Crippen molar-refractivity contribution in [2.45, 2.75) is 34.1 Å².